The molecule has 0 saturated carbocycles. The highest BCUT2D eigenvalue weighted by molar-refractivity contribution is 6.00. The number of hydrazine groups is 1. The molecule has 0 heterocycles. The van der Waals surface area contributed by atoms with Crippen molar-refractivity contribution in [1.82, 2.24) is 5.43 Å². The van der Waals surface area contributed by atoms with Gasteiger partial charge in [-0.3, -0.25) is 0 Å². The summed E-state index contributed by atoms with van der Waals surface area (Å²) in [6.45, 7) is 0. The molecule has 2 rings (SSSR count). The third-order valence-electron chi connectivity index (χ3n) is 2.57. The van der Waals surface area contributed by atoms with Gasteiger partial charge in [0.15, 0.2) is 5.84 Å². The SMILES string of the molecule is COc1ccc(C(=Nc2ccccc2)NN)c(F)c1. The van der Waals surface area contributed by atoms with Gasteiger partial charge in [0.05, 0.1) is 18.4 Å². The van der Waals surface area contributed by atoms with Crippen molar-refractivity contribution in [3.05, 3.63) is 59.9 Å². The van der Waals surface area contributed by atoms with Crippen LogP contribution in [-0.4, -0.2) is 12.9 Å². The molecule has 0 spiro atoms. The van der Waals surface area contributed by atoms with E-state index in [1.54, 1.807) is 24.3 Å². The van der Waals surface area contributed by atoms with Crippen LogP contribution in [0.2, 0.25) is 0 Å². The minimum Gasteiger partial charge on any atom is -0.497 e. The molecule has 0 amide bonds. The summed E-state index contributed by atoms with van der Waals surface area (Å²) in [7, 11) is 1.48. The Hall–Kier alpha value is -2.40. The molecule has 0 unspecified atom stereocenters. The van der Waals surface area contributed by atoms with E-state index in [0.29, 0.717) is 11.4 Å². The van der Waals surface area contributed by atoms with Crippen LogP contribution in [0.3, 0.4) is 0 Å². The van der Waals surface area contributed by atoms with E-state index in [9.17, 15) is 4.39 Å². The van der Waals surface area contributed by atoms with Crippen molar-refractivity contribution in [3.63, 3.8) is 0 Å². The maximum atomic E-state index is 13.9. The number of rotatable bonds is 3. The summed E-state index contributed by atoms with van der Waals surface area (Å²) in [4.78, 5) is 4.26. The minimum absolute atomic E-state index is 0.256. The molecule has 19 heavy (non-hydrogen) atoms. The molecule has 0 radical (unpaired) electrons. The summed E-state index contributed by atoms with van der Waals surface area (Å²) in [5.74, 6) is 5.66. The Morgan fingerprint density at radius 2 is 1.95 bits per heavy atom. The molecule has 0 atom stereocenters. The van der Waals surface area contributed by atoms with E-state index in [2.05, 4.69) is 10.4 Å². The summed E-state index contributed by atoms with van der Waals surface area (Å²) in [5.41, 5.74) is 3.38. The molecule has 0 saturated heterocycles. The first-order valence-corrected chi connectivity index (χ1v) is 5.69. The van der Waals surface area contributed by atoms with Crippen LogP contribution in [0, 0.1) is 5.82 Å². The Kier molecular flexibility index (Phi) is 4.10. The van der Waals surface area contributed by atoms with Crippen LogP contribution in [-0.2, 0) is 0 Å². The number of halogens is 1. The Morgan fingerprint density at radius 1 is 1.21 bits per heavy atom. The van der Waals surface area contributed by atoms with E-state index in [4.69, 9.17) is 10.6 Å². The second-order valence-electron chi connectivity index (χ2n) is 3.79. The third kappa shape index (κ3) is 3.08. The smallest absolute Gasteiger partial charge is 0.150 e. The lowest BCUT2D eigenvalue weighted by Crippen LogP contribution is -2.31. The fraction of sp³-hybridized carbons (Fsp3) is 0.0714. The molecule has 0 fully saturated rings. The van der Waals surface area contributed by atoms with Gasteiger partial charge in [-0.05, 0) is 24.3 Å². The third-order valence-corrected chi connectivity index (χ3v) is 2.57. The normalized spacial score (nSPS) is 11.2. The van der Waals surface area contributed by atoms with Gasteiger partial charge in [-0.15, -0.1) is 0 Å². The first kappa shape index (κ1) is 13.0. The van der Waals surface area contributed by atoms with Gasteiger partial charge in [0.1, 0.15) is 11.6 Å². The molecule has 0 aliphatic carbocycles. The highest BCUT2D eigenvalue weighted by Crippen LogP contribution is 2.18. The Balaban J connectivity index is 2.40. The monoisotopic (exact) mass is 259 g/mol. The van der Waals surface area contributed by atoms with Crippen molar-refractivity contribution in [2.24, 2.45) is 10.8 Å². The largest absolute Gasteiger partial charge is 0.497 e. The van der Waals surface area contributed by atoms with E-state index in [0.717, 1.165) is 0 Å². The zero-order chi connectivity index (χ0) is 13.7. The van der Waals surface area contributed by atoms with E-state index < -0.39 is 5.82 Å². The summed E-state index contributed by atoms with van der Waals surface area (Å²) < 4.78 is 18.9. The Labute approximate surface area is 110 Å². The van der Waals surface area contributed by atoms with Gasteiger partial charge in [0.25, 0.3) is 0 Å². The number of amidine groups is 1. The van der Waals surface area contributed by atoms with Crippen molar-refractivity contribution >= 4 is 11.5 Å². The van der Waals surface area contributed by atoms with Gasteiger partial charge < -0.3 is 10.2 Å². The van der Waals surface area contributed by atoms with Gasteiger partial charge in [0.2, 0.25) is 0 Å². The van der Waals surface area contributed by atoms with E-state index >= 15 is 0 Å². The highest BCUT2D eigenvalue weighted by Gasteiger charge is 2.10. The van der Waals surface area contributed by atoms with Crippen LogP contribution in [0.1, 0.15) is 5.56 Å². The van der Waals surface area contributed by atoms with Gasteiger partial charge in [-0.25, -0.2) is 15.2 Å². The van der Waals surface area contributed by atoms with Crippen LogP contribution in [0.15, 0.2) is 53.5 Å². The second kappa shape index (κ2) is 5.97. The molecule has 0 aliphatic heterocycles. The molecule has 5 heteroatoms. The van der Waals surface area contributed by atoms with Crippen molar-refractivity contribution in [3.8, 4) is 5.75 Å². The molecule has 0 aliphatic rings. The average Bonchev–Trinajstić information content (AvgIpc) is 2.46. The molecule has 2 aromatic rings. The molecular weight excluding hydrogens is 245 g/mol. The van der Waals surface area contributed by atoms with Gasteiger partial charge in [-0.2, -0.15) is 0 Å². The number of hydrogen-bond donors (Lipinski definition) is 2. The first-order valence-electron chi connectivity index (χ1n) is 5.69. The molecular formula is C14H14FN3O. The standard InChI is InChI=1S/C14H14FN3O/c1-19-11-7-8-12(13(15)9-11)14(18-16)17-10-5-3-2-4-6-10/h2-9H,16H2,1H3,(H,17,18). The maximum absolute atomic E-state index is 13.9. The molecule has 0 bridgehead atoms. The topological polar surface area (TPSA) is 59.6 Å². The van der Waals surface area contributed by atoms with Gasteiger partial charge in [0, 0.05) is 6.07 Å². The van der Waals surface area contributed by atoms with E-state index in [1.807, 2.05) is 18.2 Å². The molecule has 98 valence electrons. The molecule has 4 nitrogen and oxygen atoms in total. The summed E-state index contributed by atoms with van der Waals surface area (Å²) in [5, 5.41) is 0. The van der Waals surface area contributed by atoms with Crippen LogP contribution in [0.25, 0.3) is 0 Å². The highest BCUT2D eigenvalue weighted by atomic mass is 19.1. The van der Waals surface area contributed by atoms with Crippen LogP contribution in [0.5, 0.6) is 5.75 Å². The van der Waals surface area contributed by atoms with Crippen LogP contribution < -0.4 is 16.0 Å². The average molecular weight is 259 g/mol. The number of ether oxygens (including phenoxy) is 1. The predicted octanol–water partition coefficient (Wildman–Crippen LogP) is 2.38. The fourth-order valence-electron chi connectivity index (χ4n) is 1.62. The number of benzene rings is 2. The lowest BCUT2D eigenvalue weighted by molar-refractivity contribution is 0.411. The van der Waals surface area contributed by atoms with Crippen molar-refractivity contribution in [2.75, 3.05) is 7.11 Å². The lowest BCUT2D eigenvalue weighted by atomic mass is 10.2. The number of para-hydroxylation sites is 1. The number of aliphatic imine (C=N–C) groups is 1. The van der Waals surface area contributed by atoms with Crippen LogP contribution in [0.4, 0.5) is 10.1 Å². The maximum Gasteiger partial charge on any atom is 0.150 e. The number of nitrogens with one attached hydrogen (secondary N) is 1. The summed E-state index contributed by atoms with van der Waals surface area (Å²) >= 11 is 0. The molecule has 3 N–H and O–H groups in total. The van der Waals surface area contributed by atoms with Crippen LogP contribution >= 0.6 is 0 Å². The van der Waals surface area contributed by atoms with Gasteiger partial charge in [-0.1, -0.05) is 18.2 Å². The Bertz CT molecular complexity index is 584. The van der Waals surface area contributed by atoms with Crippen molar-refractivity contribution < 1.29 is 9.13 Å². The van der Waals surface area contributed by atoms with E-state index in [-0.39, 0.29) is 11.4 Å². The summed E-state index contributed by atoms with van der Waals surface area (Å²) in [6.07, 6.45) is 0. The molecule has 0 aromatic heterocycles. The van der Waals surface area contributed by atoms with Crippen molar-refractivity contribution in [2.45, 2.75) is 0 Å². The number of nitrogens with zero attached hydrogens (tertiary/aromatic N) is 1. The number of methoxy groups -OCH3 is 1. The zero-order valence-corrected chi connectivity index (χ0v) is 10.4. The summed E-state index contributed by atoms with van der Waals surface area (Å²) in [6, 6.07) is 13.7. The number of nitrogens with two attached hydrogens (primary N) is 1. The molecule has 2 aromatic carbocycles. The zero-order valence-electron chi connectivity index (χ0n) is 10.4. The fourth-order valence-corrected chi connectivity index (χ4v) is 1.62. The quantitative estimate of drug-likeness (QED) is 0.385. The van der Waals surface area contributed by atoms with E-state index in [1.165, 1.54) is 13.2 Å². The van der Waals surface area contributed by atoms with Gasteiger partial charge >= 0.3 is 0 Å². The predicted molar refractivity (Wildman–Crippen MR) is 72.9 cm³/mol. The number of hydrogen-bond acceptors (Lipinski definition) is 3. The van der Waals surface area contributed by atoms with Crippen molar-refractivity contribution in [1.29, 1.82) is 0 Å². The minimum atomic E-state index is -0.452. The second-order valence-corrected chi connectivity index (χ2v) is 3.79. The first-order chi connectivity index (χ1) is 9.24. The Morgan fingerprint density at radius 3 is 2.53 bits per heavy atom. The lowest BCUT2D eigenvalue weighted by Gasteiger charge is -2.08.